The lowest BCUT2D eigenvalue weighted by Gasteiger charge is -1.83. The van der Waals surface area contributed by atoms with Gasteiger partial charge in [0.2, 0.25) is 0 Å². The van der Waals surface area contributed by atoms with Crippen LogP contribution < -0.4 is 0 Å². The summed E-state index contributed by atoms with van der Waals surface area (Å²) in [6.45, 7) is 0. The Morgan fingerprint density at radius 2 is 2.60 bits per heavy atom. The third-order valence-electron chi connectivity index (χ3n) is 1.13. The Labute approximate surface area is 59.3 Å². The Kier molecular flexibility index (Phi) is 2.41. The zero-order valence-electron chi connectivity index (χ0n) is 5.45. The molecule has 0 radical (unpaired) electrons. The minimum absolute atomic E-state index is 0.864. The summed E-state index contributed by atoms with van der Waals surface area (Å²) >= 11 is 0. The number of allylic oxidation sites excluding steroid dienone is 4. The molecule has 1 aliphatic heterocycles. The molecule has 1 heterocycles. The highest BCUT2D eigenvalue weighted by atomic mass is 16.1. The molecule has 0 spiro atoms. The van der Waals surface area contributed by atoms with Crippen molar-refractivity contribution in [1.82, 2.24) is 0 Å². The molecular formula is C8H7NO. The fourth-order valence-electron chi connectivity index (χ4n) is 0.684. The van der Waals surface area contributed by atoms with E-state index in [1.54, 1.807) is 24.3 Å². The molecule has 0 saturated carbocycles. The fourth-order valence-corrected chi connectivity index (χ4v) is 0.684. The first-order valence-electron chi connectivity index (χ1n) is 3.03. The van der Waals surface area contributed by atoms with Gasteiger partial charge >= 0.3 is 0 Å². The van der Waals surface area contributed by atoms with Gasteiger partial charge < -0.3 is 0 Å². The molecule has 10 heavy (non-hydrogen) atoms. The van der Waals surface area contributed by atoms with Crippen LogP contribution in [-0.4, -0.2) is 11.7 Å². The average molecular weight is 133 g/mol. The Morgan fingerprint density at radius 1 is 1.70 bits per heavy atom. The fraction of sp³-hybridized carbons (Fsp3) is 0.125. The Balaban J connectivity index is 2.46. The highest BCUT2D eigenvalue weighted by molar-refractivity contribution is 5.98. The smallest absolute Gasteiger partial charge is 0.124 e. The molecule has 1 rings (SSSR count). The van der Waals surface area contributed by atoms with Crippen LogP contribution in [0.3, 0.4) is 0 Å². The van der Waals surface area contributed by atoms with Crippen LogP contribution in [0.25, 0.3) is 0 Å². The van der Waals surface area contributed by atoms with Crippen LogP contribution in [0.15, 0.2) is 35.5 Å². The Bertz CT molecular complexity index is 242. The van der Waals surface area contributed by atoms with Gasteiger partial charge in [0.25, 0.3) is 0 Å². The van der Waals surface area contributed by atoms with Crippen LogP contribution >= 0.6 is 0 Å². The Hall–Kier alpha value is -1.40. The summed E-state index contributed by atoms with van der Waals surface area (Å²) in [5, 5.41) is 0. The van der Waals surface area contributed by atoms with Crippen molar-refractivity contribution in [2.45, 2.75) is 6.42 Å². The van der Waals surface area contributed by atoms with E-state index >= 15 is 0 Å². The molecule has 50 valence electrons. The van der Waals surface area contributed by atoms with Gasteiger partial charge in [0.05, 0.1) is 0 Å². The maximum atomic E-state index is 9.69. The van der Waals surface area contributed by atoms with Crippen LogP contribution in [0.1, 0.15) is 6.42 Å². The van der Waals surface area contributed by atoms with Crippen LogP contribution in [0.5, 0.6) is 0 Å². The van der Waals surface area contributed by atoms with E-state index in [1.165, 1.54) is 6.08 Å². The normalized spacial score (nSPS) is 15.4. The molecule has 0 atom stereocenters. The van der Waals surface area contributed by atoms with Crippen LogP contribution in [0, 0.1) is 0 Å². The summed E-state index contributed by atoms with van der Waals surface area (Å²) in [4.78, 5) is 13.7. The summed E-state index contributed by atoms with van der Waals surface area (Å²) in [6.07, 6.45) is 9.34. The van der Waals surface area contributed by atoms with E-state index in [-0.39, 0.29) is 0 Å². The topological polar surface area (TPSA) is 29.4 Å². The maximum Gasteiger partial charge on any atom is 0.124 e. The highest BCUT2D eigenvalue weighted by Gasteiger charge is 1.92. The quantitative estimate of drug-likeness (QED) is 0.412. The van der Waals surface area contributed by atoms with E-state index < -0.39 is 0 Å². The van der Waals surface area contributed by atoms with Crippen molar-refractivity contribution in [2.24, 2.45) is 4.99 Å². The SMILES string of the molecule is O=C=C/C=C/C1=NC=CC1. The van der Waals surface area contributed by atoms with E-state index in [9.17, 15) is 4.79 Å². The first-order valence-corrected chi connectivity index (χ1v) is 3.03. The van der Waals surface area contributed by atoms with Crippen molar-refractivity contribution in [3.05, 3.63) is 30.5 Å². The van der Waals surface area contributed by atoms with Gasteiger partial charge in [-0.1, -0.05) is 6.08 Å². The third-order valence-corrected chi connectivity index (χ3v) is 1.13. The molecule has 0 unspecified atom stereocenters. The molecule has 0 fully saturated rings. The van der Waals surface area contributed by atoms with Gasteiger partial charge in [-0.2, -0.15) is 0 Å². The van der Waals surface area contributed by atoms with E-state index in [2.05, 4.69) is 4.99 Å². The van der Waals surface area contributed by atoms with Gasteiger partial charge in [-0.05, 0) is 12.2 Å². The average Bonchev–Trinajstić information content (AvgIpc) is 2.41. The standard InChI is InChI=1S/C8H7NO/c10-7-2-1-4-8-5-3-6-9-8/h1-4,6H,5H2/b4-1+. The first-order chi connectivity index (χ1) is 4.93. The van der Waals surface area contributed by atoms with Crippen molar-refractivity contribution in [3.63, 3.8) is 0 Å². The summed E-state index contributed by atoms with van der Waals surface area (Å²) in [5.41, 5.74) is 0.978. The second-order valence-corrected chi connectivity index (χ2v) is 1.85. The van der Waals surface area contributed by atoms with Crippen molar-refractivity contribution in [2.75, 3.05) is 0 Å². The second-order valence-electron chi connectivity index (χ2n) is 1.85. The number of nitrogens with zero attached hydrogens (tertiary/aromatic N) is 1. The molecule has 0 aliphatic carbocycles. The summed E-state index contributed by atoms with van der Waals surface area (Å²) < 4.78 is 0. The summed E-state index contributed by atoms with van der Waals surface area (Å²) in [7, 11) is 0. The van der Waals surface area contributed by atoms with Gasteiger partial charge in [0.1, 0.15) is 5.94 Å². The predicted octanol–water partition coefficient (Wildman–Crippen LogP) is 1.29. The largest absolute Gasteiger partial charge is 0.261 e. The summed E-state index contributed by atoms with van der Waals surface area (Å²) in [6, 6.07) is 0. The maximum absolute atomic E-state index is 9.69. The number of carbonyl (C=O) groups excluding carboxylic acids is 1. The van der Waals surface area contributed by atoms with Gasteiger partial charge in [0, 0.05) is 24.4 Å². The van der Waals surface area contributed by atoms with Crippen LogP contribution in [0.4, 0.5) is 0 Å². The molecule has 0 aromatic carbocycles. The van der Waals surface area contributed by atoms with Gasteiger partial charge in [0.15, 0.2) is 0 Å². The minimum atomic E-state index is 0.864. The molecule has 2 nitrogen and oxygen atoms in total. The molecule has 0 bridgehead atoms. The number of rotatable bonds is 2. The van der Waals surface area contributed by atoms with E-state index in [0.717, 1.165) is 12.1 Å². The van der Waals surface area contributed by atoms with Gasteiger partial charge in [-0.25, -0.2) is 4.79 Å². The lowest BCUT2D eigenvalue weighted by Crippen LogP contribution is -1.83. The predicted molar refractivity (Wildman–Crippen MR) is 40.6 cm³/mol. The monoisotopic (exact) mass is 133 g/mol. The van der Waals surface area contributed by atoms with E-state index in [0.29, 0.717) is 0 Å². The Morgan fingerprint density at radius 3 is 3.20 bits per heavy atom. The molecule has 0 aromatic heterocycles. The van der Waals surface area contributed by atoms with Gasteiger partial charge in [-0.3, -0.25) is 4.99 Å². The number of hydrogen-bond acceptors (Lipinski definition) is 2. The molecule has 0 aromatic rings. The molecule has 1 aliphatic rings. The number of hydrogen-bond donors (Lipinski definition) is 0. The zero-order valence-corrected chi connectivity index (χ0v) is 5.45. The number of aliphatic imine (C=N–C) groups is 1. The molecule has 0 N–H and O–H groups in total. The zero-order chi connectivity index (χ0) is 7.23. The lowest BCUT2D eigenvalue weighted by molar-refractivity contribution is 0.569. The third kappa shape index (κ3) is 1.84. The molecule has 2 heteroatoms. The van der Waals surface area contributed by atoms with E-state index in [1.807, 2.05) is 6.08 Å². The highest BCUT2D eigenvalue weighted by Crippen LogP contribution is 2.00. The second kappa shape index (κ2) is 3.59. The van der Waals surface area contributed by atoms with Crippen molar-refractivity contribution >= 4 is 11.7 Å². The van der Waals surface area contributed by atoms with Crippen LogP contribution in [0.2, 0.25) is 0 Å². The molecular weight excluding hydrogens is 126 g/mol. The van der Waals surface area contributed by atoms with Crippen molar-refractivity contribution in [1.29, 1.82) is 0 Å². The first kappa shape index (κ1) is 6.72. The van der Waals surface area contributed by atoms with Crippen molar-refractivity contribution < 1.29 is 4.79 Å². The van der Waals surface area contributed by atoms with E-state index in [4.69, 9.17) is 0 Å². The molecule has 0 saturated heterocycles. The minimum Gasteiger partial charge on any atom is -0.261 e. The lowest BCUT2D eigenvalue weighted by atomic mass is 10.3. The van der Waals surface area contributed by atoms with Crippen molar-refractivity contribution in [3.8, 4) is 0 Å². The van der Waals surface area contributed by atoms with Crippen LogP contribution in [-0.2, 0) is 4.79 Å². The summed E-state index contributed by atoms with van der Waals surface area (Å²) in [5.74, 6) is 1.65. The van der Waals surface area contributed by atoms with Gasteiger partial charge in [-0.15, -0.1) is 0 Å². The molecule has 0 amide bonds.